The average Bonchev–Trinajstić information content (AvgIpc) is 1.41. The molecule has 21 nitrogen and oxygen atoms in total. The molecule has 6 fully saturated rings. The third kappa shape index (κ3) is 19.9. The van der Waals surface area contributed by atoms with Gasteiger partial charge >= 0.3 is 5.97 Å². The highest BCUT2D eigenvalue weighted by Crippen LogP contribution is 2.47. The molecule has 0 N–H and O–H groups in total. The fourth-order valence-corrected chi connectivity index (χ4v) is 15.8. The molecule has 12 unspecified atom stereocenters. The van der Waals surface area contributed by atoms with Gasteiger partial charge in [-0.25, -0.2) is 0 Å². The van der Waals surface area contributed by atoms with E-state index in [0.29, 0.717) is 13.2 Å². The number of hydrogen-bond acceptors (Lipinski definition) is 19. The number of azide groups is 1. The molecule has 0 bridgehead atoms. The van der Waals surface area contributed by atoms with Crippen molar-refractivity contribution in [2.75, 3.05) is 19.8 Å². The van der Waals surface area contributed by atoms with Crippen LogP contribution in [0.25, 0.3) is 10.4 Å². The van der Waals surface area contributed by atoms with Gasteiger partial charge in [0.15, 0.2) is 37.1 Å². The lowest BCUT2D eigenvalue weighted by atomic mass is 9.81. The lowest BCUT2D eigenvalue weighted by Crippen LogP contribution is -2.67. The van der Waals surface area contributed by atoms with Gasteiger partial charge in [0, 0.05) is 17.8 Å². The van der Waals surface area contributed by atoms with Crippen molar-refractivity contribution in [3.05, 3.63) is 226 Å². The number of hydrogen-bond donors (Lipinski definition) is 0. The van der Waals surface area contributed by atoms with E-state index >= 15 is 0 Å². The number of ether oxygens (including phenoxy) is 17. The molecule has 6 aromatic rings. The van der Waals surface area contributed by atoms with E-state index in [0.717, 1.165) is 39.8 Å². The van der Waals surface area contributed by atoms with Gasteiger partial charge in [-0.05, 0) is 94.7 Å². The van der Waals surface area contributed by atoms with E-state index in [9.17, 15) is 10.3 Å². The molecule has 1 aliphatic carbocycles. The molecule has 5 heterocycles. The summed E-state index contributed by atoms with van der Waals surface area (Å²) in [6, 6.07) is 58.8. The summed E-state index contributed by atoms with van der Waals surface area (Å²) in [6.45, 7) is 23.9. The average molecular weight is 1460 g/mol. The molecule has 12 rings (SSSR count). The van der Waals surface area contributed by atoms with Crippen LogP contribution >= 0.6 is 0 Å². The maximum Gasteiger partial charge on any atom is 0.303 e. The Labute approximate surface area is 625 Å². The zero-order valence-electron chi connectivity index (χ0n) is 63.1. The smallest absolute Gasteiger partial charge is 0.303 e. The summed E-state index contributed by atoms with van der Waals surface area (Å²) in [5.41, 5.74) is 16.6. The maximum atomic E-state index is 12.8. The highest BCUT2D eigenvalue weighted by Gasteiger charge is 2.62. The maximum absolute atomic E-state index is 12.8. The molecule has 106 heavy (non-hydrogen) atoms. The van der Waals surface area contributed by atoms with Gasteiger partial charge in [0.2, 0.25) is 0 Å². The van der Waals surface area contributed by atoms with Crippen LogP contribution in [-0.2, 0) is 125 Å². The molecule has 6 aliphatic rings. The van der Waals surface area contributed by atoms with Crippen LogP contribution in [0.4, 0.5) is 0 Å². The SMILES string of the molecule is CCC1O[C@@H](OC2[C@H](OCC3O[C@@H](O[C@H]4C(COCc5ccccc5)O[C@@H](OC5C(OCc6ccccc6)C(OCc6ccccc6)C(OCc6ccccc6)[C@@H]6OC(C)(C)O[C@@H]56)C(N=[N+]=[N-])[C@H]4C)C(OCc4ccccc4)[C@@H](C)[C@H]3C)OC(COCc3ccccc3)[C@H](C)[C@@H]2C)C(OC(C)=O)[C@@H](C)[C@H]1C. The second kappa shape index (κ2) is 37.7. The molecule has 21 heteroatoms. The van der Waals surface area contributed by atoms with E-state index in [1.165, 1.54) is 6.92 Å². The number of benzene rings is 6. The molecule has 5 aliphatic heterocycles. The number of fused-ring (bicyclic) bond motifs is 1. The molecule has 0 radical (unpaired) electrons. The third-order valence-electron chi connectivity index (χ3n) is 22.4. The van der Waals surface area contributed by atoms with Crippen molar-refractivity contribution in [3.8, 4) is 0 Å². The zero-order valence-corrected chi connectivity index (χ0v) is 63.1. The van der Waals surface area contributed by atoms with Crippen LogP contribution in [0.1, 0.15) is 116 Å². The van der Waals surface area contributed by atoms with Gasteiger partial charge in [0.25, 0.3) is 0 Å². The molecule has 0 spiro atoms. The van der Waals surface area contributed by atoms with E-state index in [1.807, 2.05) is 203 Å². The van der Waals surface area contributed by atoms with Gasteiger partial charge < -0.3 is 80.5 Å². The number of nitrogens with zero attached hydrogens (tertiary/aromatic N) is 3. The summed E-state index contributed by atoms with van der Waals surface area (Å²) in [5.74, 6) is -2.80. The second-order valence-electron chi connectivity index (χ2n) is 30.1. The van der Waals surface area contributed by atoms with Crippen molar-refractivity contribution in [2.45, 2.75) is 245 Å². The second-order valence-corrected chi connectivity index (χ2v) is 30.1. The summed E-state index contributed by atoms with van der Waals surface area (Å²) < 4.78 is 119. The Morgan fingerprint density at radius 3 is 1.23 bits per heavy atom. The van der Waals surface area contributed by atoms with E-state index in [-0.39, 0.29) is 87.9 Å². The van der Waals surface area contributed by atoms with Crippen molar-refractivity contribution in [1.29, 1.82) is 0 Å². The van der Waals surface area contributed by atoms with E-state index in [2.05, 4.69) is 58.5 Å². The molecule has 0 aromatic heterocycles. The number of carbonyl (C=O) groups excluding carboxylic acids is 1. The largest absolute Gasteiger partial charge is 0.457 e. The van der Waals surface area contributed by atoms with Crippen LogP contribution in [0.15, 0.2) is 187 Å². The minimum Gasteiger partial charge on any atom is -0.457 e. The standard InChI is InChI=1S/C85H109N3O18/c1-12-66-52(2)56(6)74(97-59(9)89)84(98-66)103-73-57(7)54(4)67(49-90-43-60-31-19-13-20-32-60)99-82(73)96-51-68-53(3)55(5)72(92-45-62-35-23-15-24-36-62)83(100-68)102-71-58(8)70(87-88-86)81(101-69(71)50-91-44-61-33-21-14-22-34-61)104-78-76(94-47-64-39-27-17-28-40-64)75(93-46-63-37-25-16-26-38-63)77(79-80(78)106-85(10,11)105-79)95-48-65-41-29-18-30-42-65/h13-42,52-58,66-84H,12,43-51H2,1-11H3/t52-,53-,54-,55+,56+,57+,58-,66?,67?,68?,69?,70?,71-,72?,73?,74?,75?,76?,77?,78?,79+,80+,81+,82-,83+,84+/m1/s1. The lowest BCUT2D eigenvalue weighted by Gasteiger charge is -2.51. The van der Waals surface area contributed by atoms with Crippen molar-refractivity contribution in [1.82, 2.24) is 0 Å². The fraction of sp³-hybridized carbons (Fsp3) is 0.565. The molecule has 26 atom stereocenters. The molecule has 0 amide bonds. The van der Waals surface area contributed by atoms with E-state index < -0.39 is 128 Å². The Bertz CT molecular complexity index is 3650. The Kier molecular flexibility index (Phi) is 28.1. The minimum absolute atomic E-state index is 0.00989. The summed E-state index contributed by atoms with van der Waals surface area (Å²) in [7, 11) is 0. The first kappa shape index (κ1) is 79.0. The topological polar surface area (TPSA) is 223 Å². The molecule has 6 aromatic carbocycles. The van der Waals surface area contributed by atoms with Crippen LogP contribution < -0.4 is 0 Å². The van der Waals surface area contributed by atoms with Crippen LogP contribution in [0.5, 0.6) is 0 Å². The van der Waals surface area contributed by atoms with Crippen LogP contribution in [0.2, 0.25) is 0 Å². The predicted molar refractivity (Wildman–Crippen MR) is 394 cm³/mol. The monoisotopic (exact) mass is 1460 g/mol. The Hall–Kier alpha value is -6.54. The van der Waals surface area contributed by atoms with Crippen molar-refractivity contribution >= 4 is 5.97 Å². The normalized spacial score (nSPS) is 35.0. The van der Waals surface area contributed by atoms with Gasteiger partial charge in [0.05, 0.1) is 89.9 Å². The molecular weight excluding hydrogens is 1350 g/mol. The minimum atomic E-state index is -1.25. The van der Waals surface area contributed by atoms with Gasteiger partial charge in [0.1, 0.15) is 54.9 Å². The summed E-state index contributed by atoms with van der Waals surface area (Å²) in [5, 5.41) is 4.56. The van der Waals surface area contributed by atoms with E-state index in [1.54, 1.807) is 0 Å². The van der Waals surface area contributed by atoms with Crippen molar-refractivity contribution in [2.24, 2.45) is 46.5 Å². The summed E-state index contributed by atoms with van der Waals surface area (Å²) in [4.78, 5) is 16.3. The molecule has 1 saturated carbocycles. The number of carbonyl (C=O) groups is 1. The highest BCUT2D eigenvalue weighted by atomic mass is 16.8. The van der Waals surface area contributed by atoms with Crippen LogP contribution in [-0.4, -0.2) is 148 Å². The number of rotatable bonds is 32. The summed E-state index contributed by atoms with van der Waals surface area (Å²) >= 11 is 0. The number of esters is 1. The molecular formula is C85H109N3O18. The van der Waals surface area contributed by atoms with Crippen molar-refractivity contribution < 1.29 is 85.3 Å². The van der Waals surface area contributed by atoms with Gasteiger partial charge in [-0.3, -0.25) is 4.79 Å². The summed E-state index contributed by atoms with van der Waals surface area (Å²) in [6.07, 6.45) is -13.4. The third-order valence-corrected chi connectivity index (χ3v) is 22.4. The Balaban J connectivity index is 0.865. The molecule has 572 valence electrons. The Morgan fingerprint density at radius 1 is 0.387 bits per heavy atom. The van der Waals surface area contributed by atoms with Crippen molar-refractivity contribution in [3.63, 3.8) is 0 Å². The molecule has 5 saturated heterocycles. The lowest BCUT2D eigenvalue weighted by molar-refractivity contribution is -0.363. The van der Waals surface area contributed by atoms with Gasteiger partial charge in [-0.15, -0.1) is 0 Å². The first-order chi connectivity index (χ1) is 51.4. The highest BCUT2D eigenvalue weighted by molar-refractivity contribution is 5.66. The van der Waals surface area contributed by atoms with Crippen LogP contribution in [0, 0.1) is 41.4 Å². The zero-order chi connectivity index (χ0) is 74.3. The van der Waals surface area contributed by atoms with Gasteiger partial charge in [-0.1, -0.05) is 242 Å². The first-order valence-electron chi connectivity index (χ1n) is 38.1. The quantitative estimate of drug-likeness (QED) is 0.0166. The van der Waals surface area contributed by atoms with Crippen LogP contribution in [0.3, 0.4) is 0 Å². The van der Waals surface area contributed by atoms with E-state index in [4.69, 9.17) is 80.5 Å². The predicted octanol–water partition coefficient (Wildman–Crippen LogP) is 14.8. The van der Waals surface area contributed by atoms with Gasteiger partial charge in [-0.2, -0.15) is 0 Å². The fourth-order valence-electron chi connectivity index (χ4n) is 15.8. The first-order valence-corrected chi connectivity index (χ1v) is 38.1. The Morgan fingerprint density at radius 2 is 0.745 bits per heavy atom.